The second kappa shape index (κ2) is 4.97. The Bertz CT molecular complexity index is 537. The van der Waals surface area contributed by atoms with Gasteiger partial charge in [-0.25, -0.2) is 0 Å². The summed E-state index contributed by atoms with van der Waals surface area (Å²) in [5, 5.41) is 10.7. The number of hydrogen-bond donors (Lipinski definition) is 1. The number of phenols is 1. The zero-order valence-corrected chi connectivity index (χ0v) is 9.93. The number of phenolic OH excluding ortho intramolecular Hbond substituents is 1. The number of aromatic nitrogens is 1. The molecule has 3 heteroatoms. The van der Waals surface area contributed by atoms with Gasteiger partial charge in [-0.3, -0.25) is 9.88 Å². The largest absolute Gasteiger partial charge is 0.506 e. The Morgan fingerprint density at radius 1 is 1.41 bits per heavy atom. The van der Waals surface area contributed by atoms with Gasteiger partial charge in [0.15, 0.2) is 0 Å². The molecule has 1 aromatic carbocycles. The zero-order chi connectivity index (χ0) is 12.3. The number of hydrogen-bond acceptors (Lipinski definition) is 3. The lowest BCUT2D eigenvalue weighted by atomic mass is 10.1. The minimum atomic E-state index is 0.232. The first-order valence-electron chi connectivity index (χ1n) is 5.57. The predicted molar refractivity (Wildman–Crippen MR) is 69.9 cm³/mol. The minimum Gasteiger partial charge on any atom is -0.506 e. The lowest BCUT2D eigenvalue weighted by molar-refractivity contribution is 0.365. The van der Waals surface area contributed by atoms with Gasteiger partial charge in [0.25, 0.3) is 0 Å². The smallest absolute Gasteiger partial charge is 0.141 e. The summed E-state index contributed by atoms with van der Waals surface area (Å²) in [6.45, 7) is 5.37. The SMILES string of the molecule is C=CCN(C)Cc1ccc(O)c2ncccc12. The molecule has 0 saturated heterocycles. The lowest BCUT2D eigenvalue weighted by Crippen LogP contribution is -2.17. The molecule has 0 bridgehead atoms. The molecule has 3 nitrogen and oxygen atoms in total. The number of fused-ring (bicyclic) bond motifs is 1. The fourth-order valence-corrected chi connectivity index (χ4v) is 1.93. The molecule has 0 aliphatic heterocycles. The summed E-state index contributed by atoms with van der Waals surface area (Å²) >= 11 is 0. The van der Waals surface area contributed by atoms with Crippen molar-refractivity contribution in [3.05, 3.63) is 48.7 Å². The lowest BCUT2D eigenvalue weighted by Gasteiger charge is -2.15. The molecule has 0 spiro atoms. The molecule has 0 fully saturated rings. The van der Waals surface area contributed by atoms with Crippen LogP contribution in [0, 0.1) is 0 Å². The van der Waals surface area contributed by atoms with Gasteiger partial charge in [0.05, 0.1) is 0 Å². The first-order valence-corrected chi connectivity index (χ1v) is 5.57. The van der Waals surface area contributed by atoms with E-state index in [1.165, 1.54) is 0 Å². The predicted octanol–water partition coefficient (Wildman–Crippen LogP) is 2.56. The molecule has 0 radical (unpaired) electrons. The Labute approximate surface area is 101 Å². The van der Waals surface area contributed by atoms with Crippen LogP contribution in [-0.4, -0.2) is 28.6 Å². The van der Waals surface area contributed by atoms with Gasteiger partial charge in [-0.2, -0.15) is 0 Å². The molecule has 2 rings (SSSR count). The molecule has 88 valence electrons. The molecular formula is C14H16N2O. The molecule has 1 heterocycles. The number of likely N-dealkylation sites (N-methyl/N-ethyl adjacent to an activating group) is 1. The Morgan fingerprint density at radius 2 is 2.24 bits per heavy atom. The molecule has 2 aromatic rings. The van der Waals surface area contributed by atoms with E-state index < -0.39 is 0 Å². The number of aromatic hydroxyl groups is 1. The molecule has 1 aromatic heterocycles. The first-order chi connectivity index (χ1) is 8.22. The van der Waals surface area contributed by atoms with Crippen molar-refractivity contribution in [2.75, 3.05) is 13.6 Å². The number of nitrogens with zero attached hydrogens (tertiary/aromatic N) is 2. The monoisotopic (exact) mass is 228 g/mol. The molecule has 0 aliphatic rings. The molecule has 0 atom stereocenters. The van der Waals surface area contributed by atoms with Gasteiger partial charge in [0.1, 0.15) is 11.3 Å². The van der Waals surface area contributed by atoms with Crippen LogP contribution in [0.15, 0.2) is 43.1 Å². The highest BCUT2D eigenvalue weighted by Crippen LogP contribution is 2.25. The summed E-state index contributed by atoms with van der Waals surface area (Å²) < 4.78 is 0. The van der Waals surface area contributed by atoms with Crippen molar-refractivity contribution < 1.29 is 5.11 Å². The van der Waals surface area contributed by atoms with E-state index in [1.54, 1.807) is 12.3 Å². The minimum absolute atomic E-state index is 0.232. The molecule has 0 saturated carbocycles. The van der Waals surface area contributed by atoms with Crippen molar-refractivity contribution in [2.24, 2.45) is 0 Å². The van der Waals surface area contributed by atoms with Gasteiger partial charge in [0.2, 0.25) is 0 Å². The number of benzene rings is 1. The van der Waals surface area contributed by atoms with Gasteiger partial charge < -0.3 is 5.11 Å². The van der Waals surface area contributed by atoms with E-state index in [0.717, 1.165) is 24.0 Å². The molecule has 17 heavy (non-hydrogen) atoms. The van der Waals surface area contributed by atoms with Crippen molar-refractivity contribution in [2.45, 2.75) is 6.54 Å². The van der Waals surface area contributed by atoms with E-state index in [2.05, 4.69) is 16.5 Å². The quantitative estimate of drug-likeness (QED) is 0.817. The first kappa shape index (κ1) is 11.6. The average molecular weight is 228 g/mol. The van der Waals surface area contributed by atoms with Crippen LogP contribution >= 0.6 is 0 Å². The van der Waals surface area contributed by atoms with Crippen LogP contribution in [0.25, 0.3) is 10.9 Å². The summed E-state index contributed by atoms with van der Waals surface area (Å²) in [6.07, 6.45) is 3.57. The van der Waals surface area contributed by atoms with E-state index in [1.807, 2.05) is 31.3 Å². The number of rotatable bonds is 4. The van der Waals surface area contributed by atoms with E-state index in [9.17, 15) is 5.11 Å². The highest BCUT2D eigenvalue weighted by Gasteiger charge is 2.07. The van der Waals surface area contributed by atoms with Crippen molar-refractivity contribution in [1.82, 2.24) is 9.88 Å². The van der Waals surface area contributed by atoms with Crippen LogP contribution in [0.2, 0.25) is 0 Å². The van der Waals surface area contributed by atoms with Crippen molar-refractivity contribution in [3.63, 3.8) is 0 Å². The van der Waals surface area contributed by atoms with Crippen LogP contribution in [0.3, 0.4) is 0 Å². The standard InChI is InChI=1S/C14H16N2O/c1-3-9-16(2)10-11-6-7-13(17)14-12(11)5-4-8-15-14/h3-8,17H,1,9-10H2,2H3. The van der Waals surface area contributed by atoms with Crippen LogP contribution in [0.4, 0.5) is 0 Å². The molecular weight excluding hydrogens is 212 g/mol. The normalized spacial score (nSPS) is 10.9. The third kappa shape index (κ3) is 2.45. The Kier molecular flexibility index (Phi) is 3.40. The Balaban J connectivity index is 2.41. The van der Waals surface area contributed by atoms with Gasteiger partial charge >= 0.3 is 0 Å². The maximum atomic E-state index is 9.74. The van der Waals surface area contributed by atoms with E-state index in [4.69, 9.17) is 0 Å². The summed E-state index contributed by atoms with van der Waals surface area (Å²) in [5.41, 5.74) is 1.83. The van der Waals surface area contributed by atoms with Gasteiger partial charge in [0, 0.05) is 24.7 Å². The third-order valence-corrected chi connectivity index (χ3v) is 2.72. The molecule has 0 amide bonds. The van der Waals surface area contributed by atoms with E-state index >= 15 is 0 Å². The Morgan fingerprint density at radius 3 is 3.00 bits per heavy atom. The summed E-state index contributed by atoms with van der Waals surface area (Å²) in [5.74, 6) is 0.232. The van der Waals surface area contributed by atoms with Crippen molar-refractivity contribution >= 4 is 10.9 Å². The third-order valence-electron chi connectivity index (χ3n) is 2.72. The van der Waals surface area contributed by atoms with Crippen LogP contribution in [-0.2, 0) is 6.54 Å². The van der Waals surface area contributed by atoms with E-state index in [-0.39, 0.29) is 5.75 Å². The van der Waals surface area contributed by atoms with Gasteiger partial charge in [-0.15, -0.1) is 6.58 Å². The summed E-state index contributed by atoms with van der Waals surface area (Å²) in [4.78, 5) is 6.36. The van der Waals surface area contributed by atoms with Crippen molar-refractivity contribution in [3.8, 4) is 5.75 Å². The highest BCUT2D eigenvalue weighted by molar-refractivity contribution is 5.87. The number of pyridine rings is 1. The fraction of sp³-hybridized carbons (Fsp3) is 0.214. The van der Waals surface area contributed by atoms with Crippen molar-refractivity contribution in [1.29, 1.82) is 0 Å². The maximum Gasteiger partial charge on any atom is 0.141 e. The van der Waals surface area contributed by atoms with Gasteiger partial charge in [-0.05, 0) is 24.7 Å². The second-order valence-corrected chi connectivity index (χ2v) is 4.13. The fourth-order valence-electron chi connectivity index (χ4n) is 1.93. The van der Waals surface area contributed by atoms with Crippen LogP contribution in [0.1, 0.15) is 5.56 Å². The highest BCUT2D eigenvalue weighted by atomic mass is 16.3. The average Bonchev–Trinajstić information content (AvgIpc) is 2.34. The maximum absolute atomic E-state index is 9.74. The molecule has 0 unspecified atom stereocenters. The van der Waals surface area contributed by atoms with E-state index in [0.29, 0.717) is 5.52 Å². The molecule has 1 N–H and O–H groups in total. The molecule has 0 aliphatic carbocycles. The van der Waals surface area contributed by atoms with Crippen LogP contribution in [0.5, 0.6) is 5.75 Å². The summed E-state index contributed by atoms with van der Waals surface area (Å²) in [6, 6.07) is 7.52. The van der Waals surface area contributed by atoms with Gasteiger partial charge in [-0.1, -0.05) is 18.2 Å². The topological polar surface area (TPSA) is 36.4 Å². The second-order valence-electron chi connectivity index (χ2n) is 4.13. The Hall–Kier alpha value is -1.87. The summed E-state index contributed by atoms with van der Waals surface area (Å²) in [7, 11) is 2.04. The van der Waals surface area contributed by atoms with Crippen LogP contribution < -0.4 is 0 Å². The zero-order valence-electron chi connectivity index (χ0n) is 9.93.